The molecule has 0 saturated heterocycles. The topological polar surface area (TPSA) is 109 Å². The highest BCUT2D eigenvalue weighted by atomic mass is 16.7. The van der Waals surface area contributed by atoms with Crippen LogP contribution in [0.25, 0.3) is 33.3 Å². The van der Waals surface area contributed by atoms with E-state index in [2.05, 4.69) is 15.0 Å². The van der Waals surface area contributed by atoms with Crippen molar-refractivity contribution in [3.8, 4) is 28.7 Å². The fraction of sp³-hybridized carbons (Fsp3) is 0.214. The molecule has 6 rings (SSSR count). The number of nitrogens with zero attached hydrogens (tertiary/aromatic N) is 4. The fourth-order valence-corrected chi connectivity index (χ4v) is 4.32. The van der Waals surface area contributed by atoms with Crippen LogP contribution in [0.2, 0.25) is 0 Å². The SMILES string of the molecule is COc1cnc2c(-c3cc4c5c(ccc4o3)O[C@H](OC(=O)N(C)c3ccc(C)nc3)CO5)cc(C)cc2n1. The molecule has 4 heterocycles. The quantitative estimate of drug-likeness (QED) is 0.311. The van der Waals surface area contributed by atoms with Gasteiger partial charge in [-0.3, -0.25) is 9.88 Å². The van der Waals surface area contributed by atoms with Gasteiger partial charge in [0.25, 0.3) is 6.29 Å². The van der Waals surface area contributed by atoms with Crippen LogP contribution in [-0.2, 0) is 4.74 Å². The van der Waals surface area contributed by atoms with Crippen LogP contribution < -0.4 is 19.1 Å². The number of methoxy groups -OCH3 is 1. The van der Waals surface area contributed by atoms with E-state index in [-0.39, 0.29) is 6.61 Å². The first-order valence-electron chi connectivity index (χ1n) is 11.9. The Morgan fingerprint density at radius 1 is 1.08 bits per heavy atom. The first-order chi connectivity index (χ1) is 18.4. The van der Waals surface area contributed by atoms with Crippen molar-refractivity contribution in [2.24, 2.45) is 0 Å². The van der Waals surface area contributed by atoms with Crippen LogP contribution >= 0.6 is 0 Å². The summed E-state index contributed by atoms with van der Waals surface area (Å²) in [5.74, 6) is 2.03. The lowest BCUT2D eigenvalue weighted by atomic mass is 10.1. The molecule has 0 radical (unpaired) electrons. The van der Waals surface area contributed by atoms with E-state index in [0.29, 0.717) is 45.4 Å². The zero-order chi connectivity index (χ0) is 26.4. The van der Waals surface area contributed by atoms with Gasteiger partial charge in [-0.05, 0) is 61.9 Å². The Bertz CT molecular complexity index is 1680. The maximum Gasteiger partial charge on any atom is 0.417 e. The van der Waals surface area contributed by atoms with Gasteiger partial charge in [-0.1, -0.05) is 0 Å². The van der Waals surface area contributed by atoms with Crippen LogP contribution in [0.5, 0.6) is 17.4 Å². The molecule has 2 aromatic carbocycles. The molecule has 38 heavy (non-hydrogen) atoms. The second-order valence-electron chi connectivity index (χ2n) is 8.97. The summed E-state index contributed by atoms with van der Waals surface area (Å²) in [5, 5.41) is 0.737. The number of carbonyl (C=O) groups is 1. The summed E-state index contributed by atoms with van der Waals surface area (Å²) >= 11 is 0. The minimum Gasteiger partial charge on any atom is -0.481 e. The lowest BCUT2D eigenvalue weighted by molar-refractivity contribution is -0.0718. The molecule has 0 aliphatic carbocycles. The van der Waals surface area contributed by atoms with Crippen LogP contribution in [0.3, 0.4) is 0 Å². The van der Waals surface area contributed by atoms with Crippen molar-refractivity contribution in [1.29, 1.82) is 0 Å². The maximum atomic E-state index is 12.7. The number of hydrogen-bond donors (Lipinski definition) is 0. The molecule has 192 valence electrons. The molecule has 5 aromatic rings. The number of ether oxygens (including phenoxy) is 4. The van der Waals surface area contributed by atoms with Crippen LogP contribution in [0, 0.1) is 13.8 Å². The van der Waals surface area contributed by atoms with Gasteiger partial charge < -0.3 is 23.4 Å². The molecule has 10 nitrogen and oxygen atoms in total. The number of fused-ring (bicyclic) bond motifs is 4. The highest BCUT2D eigenvalue weighted by molar-refractivity contribution is 5.96. The van der Waals surface area contributed by atoms with E-state index in [1.54, 1.807) is 44.8 Å². The molecule has 1 atom stereocenters. The average Bonchev–Trinajstić information content (AvgIpc) is 3.37. The lowest BCUT2D eigenvalue weighted by Gasteiger charge is -2.27. The Balaban J connectivity index is 1.27. The van der Waals surface area contributed by atoms with Gasteiger partial charge in [-0.2, -0.15) is 0 Å². The summed E-state index contributed by atoms with van der Waals surface area (Å²) in [7, 11) is 3.17. The number of amides is 1. The second-order valence-corrected chi connectivity index (χ2v) is 8.97. The van der Waals surface area contributed by atoms with Crippen LogP contribution in [-0.4, -0.2) is 48.1 Å². The second kappa shape index (κ2) is 9.22. The Hall–Kier alpha value is -4.86. The molecule has 3 aromatic heterocycles. The summed E-state index contributed by atoms with van der Waals surface area (Å²) in [4.78, 5) is 27.3. The van der Waals surface area contributed by atoms with E-state index < -0.39 is 12.4 Å². The fourth-order valence-electron chi connectivity index (χ4n) is 4.32. The maximum absolute atomic E-state index is 12.7. The smallest absolute Gasteiger partial charge is 0.417 e. The number of anilines is 1. The molecular formula is C28H24N4O6. The number of benzene rings is 2. The summed E-state index contributed by atoms with van der Waals surface area (Å²) in [5.41, 5.74) is 5.30. The van der Waals surface area contributed by atoms with Gasteiger partial charge >= 0.3 is 6.09 Å². The first-order valence-corrected chi connectivity index (χ1v) is 11.9. The Labute approximate surface area is 217 Å². The Morgan fingerprint density at radius 3 is 2.74 bits per heavy atom. The molecular weight excluding hydrogens is 488 g/mol. The Kier molecular flexibility index (Phi) is 5.71. The highest BCUT2D eigenvalue weighted by Crippen LogP contribution is 2.43. The van der Waals surface area contributed by atoms with E-state index in [0.717, 1.165) is 22.2 Å². The molecule has 1 amide bonds. The number of rotatable bonds is 4. The summed E-state index contributed by atoms with van der Waals surface area (Å²) < 4.78 is 28.9. The van der Waals surface area contributed by atoms with Crippen molar-refractivity contribution in [2.75, 3.05) is 25.7 Å². The van der Waals surface area contributed by atoms with Gasteiger partial charge in [0.2, 0.25) is 5.88 Å². The van der Waals surface area contributed by atoms with Gasteiger partial charge in [0, 0.05) is 18.3 Å². The number of pyridine rings is 1. The van der Waals surface area contributed by atoms with Crippen LogP contribution in [0.4, 0.5) is 10.5 Å². The highest BCUT2D eigenvalue weighted by Gasteiger charge is 2.29. The number of furan rings is 1. The van der Waals surface area contributed by atoms with Crippen molar-refractivity contribution >= 4 is 33.8 Å². The third-order valence-corrected chi connectivity index (χ3v) is 6.27. The van der Waals surface area contributed by atoms with Gasteiger partial charge in [0.15, 0.2) is 18.1 Å². The molecule has 0 spiro atoms. The third kappa shape index (κ3) is 4.19. The van der Waals surface area contributed by atoms with E-state index in [1.165, 1.54) is 4.90 Å². The molecule has 0 bridgehead atoms. The minimum absolute atomic E-state index is 0.0248. The van der Waals surface area contributed by atoms with E-state index in [4.69, 9.17) is 23.4 Å². The van der Waals surface area contributed by atoms with Gasteiger partial charge in [-0.15, -0.1) is 0 Å². The van der Waals surface area contributed by atoms with Crippen molar-refractivity contribution in [2.45, 2.75) is 20.1 Å². The summed E-state index contributed by atoms with van der Waals surface area (Å²) in [6.07, 6.45) is 1.70. The molecule has 0 saturated carbocycles. The monoisotopic (exact) mass is 512 g/mol. The van der Waals surface area contributed by atoms with Crippen molar-refractivity contribution < 1.29 is 28.2 Å². The molecule has 0 unspecified atom stereocenters. The summed E-state index contributed by atoms with van der Waals surface area (Å²) in [6.45, 7) is 3.89. The van der Waals surface area contributed by atoms with E-state index >= 15 is 0 Å². The van der Waals surface area contributed by atoms with Gasteiger partial charge in [0.1, 0.15) is 11.3 Å². The van der Waals surface area contributed by atoms with E-state index in [9.17, 15) is 4.79 Å². The number of aromatic nitrogens is 3. The van der Waals surface area contributed by atoms with Crippen LogP contribution in [0.15, 0.2) is 59.3 Å². The molecule has 10 heteroatoms. The predicted octanol–water partition coefficient (Wildman–Crippen LogP) is 5.43. The zero-order valence-corrected chi connectivity index (χ0v) is 21.2. The first kappa shape index (κ1) is 23.5. The largest absolute Gasteiger partial charge is 0.481 e. The van der Waals surface area contributed by atoms with Crippen LogP contribution in [0.1, 0.15) is 11.3 Å². The molecule has 0 N–H and O–H groups in total. The Morgan fingerprint density at radius 2 is 1.95 bits per heavy atom. The van der Waals surface area contributed by atoms with Crippen molar-refractivity contribution in [1.82, 2.24) is 15.0 Å². The number of aryl methyl sites for hydroxylation is 2. The van der Waals surface area contributed by atoms with Gasteiger partial charge in [0.05, 0.1) is 41.6 Å². The summed E-state index contributed by atoms with van der Waals surface area (Å²) in [6, 6.07) is 13.0. The molecule has 1 aliphatic heterocycles. The molecule has 0 fully saturated rings. The number of hydrogen-bond acceptors (Lipinski definition) is 9. The molecule has 1 aliphatic rings. The third-order valence-electron chi connectivity index (χ3n) is 6.27. The minimum atomic E-state index is -0.911. The van der Waals surface area contributed by atoms with Crippen molar-refractivity contribution in [3.05, 3.63) is 66.1 Å². The number of carbonyl (C=O) groups excluding carboxylic acids is 1. The zero-order valence-electron chi connectivity index (χ0n) is 21.2. The standard InChI is InChI=1S/C28H24N4O6/c1-15-9-18(26-20(10-15)31-24(34-4)13-30-26)23-11-19-21(36-23)7-8-22-27(19)35-14-25(37-22)38-28(33)32(3)17-6-5-16(2)29-12-17/h5-13,25H,14H2,1-4H3/t25-/m1/s1. The average molecular weight is 513 g/mol. The lowest BCUT2D eigenvalue weighted by Crippen LogP contribution is -2.38. The van der Waals surface area contributed by atoms with E-state index in [1.807, 2.05) is 38.1 Å². The normalized spacial score (nSPS) is 14.5. The van der Waals surface area contributed by atoms with Gasteiger partial charge in [-0.25, -0.2) is 14.8 Å². The van der Waals surface area contributed by atoms with Crippen molar-refractivity contribution in [3.63, 3.8) is 0 Å². The predicted molar refractivity (Wildman–Crippen MR) is 140 cm³/mol.